The van der Waals surface area contributed by atoms with E-state index in [-0.39, 0.29) is 5.97 Å². The van der Waals surface area contributed by atoms with Crippen LogP contribution in [0.4, 0.5) is 0 Å². The Hall–Kier alpha value is -1.35. The lowest BCUT2D eigenvalue weighted by atomic mass is 9.95. The van der Waals surface area contributed by atoms with E-state index in [9.17, 15) is 4.79 Å². The minimum atomic E-state index is -0.448. The monoisotopic (exact) mass is 261 g/mol. The van der Waals surface area contributed by atoms with Gasteiger partial charge in [-0.2, -0.15) is 0 Å². The average Bonchev–Trinajstić information content (AvgIpc) is 2.74. The summed E-state index contributed by atoms with van der Waals surface area (Å²) in [4.78, 5) is 12.1. The van der Waals surface area contributed by atoms with Gasteiger partial charge in [-0.3, -0.25) is 0 Å². The predicted octanol–water partition coefficient (Wildman–Crippen LogP) is 3.11. The molecule has 1 heterocycles. The van der Waals surface area contributed by atoms with Crippen LogP contribution in [-0.2, 0) is 4.74 Å². The third-order valence-electron chi connectivity index (χ3n) is 3.34. The SMILES string of the molecule is C[C@@H]1C[C@H](c2cccc(C(=O)OC(C)(C)C)c2)CN1. The zero-order chi connectivity index (χ0) is 14.0. The largest absolute Gasteiger partial charge is 0.456 e. The van der Waals surface area contributed by atoms with E-state index in [1.165, 1.54) is 5.56 Å². The molecule has 104 valence electrons. The number of hydrogen-bond acceptors (Lipinski definition) is 3. The van der Waals surface area contributed by atoms with E-state index in [1.54, 1.807) is 0 Å². The molecule has 1 aliphatic rings. The number of hydrogen-bond donors (Lipinski definition) is 1. The molecule has 0 bridgehead atoms. The van der Waals surface area contributed by atoms with Crippen molar-refractivity contribution in [2.24, 2.45) is 0 Å². The molecule has 3 heteroatoms. The molecule has 2 rings (SSSR count). The third kappa shape index (κ3) is 3.80. The molecule has 1 aromatic carbocycles. The highest BCUT2D eigenvalue weighted by molar-refractivity contribution is 5.89. The number of benzene rings is 1. The van der Waals surface area contributed by atoms with Crippen LogP contribution in [0.3, 0.4) is 0 Å². The summed E-state index contributed by atoms with van der Waals surface area (Å²) in [5.74, 6) is 0.255. The Kier molecular flexibility index (Phi) is 3.95. The Labute approximate surface area is 115 Å². The Morgan fingerprint density at radius 2 is 2.11 bits per heavy atom. The standard InChI is InChI=1S/C16H23NO2/c1-11-8-14(10-17-11)12-6-5-7-13(9-12)15(18)19-16(2,3)4/h5-7,9,11,14,17H,8,10H2,1-4H3/t11-,14+/m1/s1. The summed E-state index contributed by atoms with van der Waals surface area (Å²) in [6, 6.07) is 8.38. The maximum absolute atomic E-state index is 12.1. The van der Waals surface area contributed by atoms with E-state index in [0.717, 1.165) is 13.0 Å². The van der Waals surface area contributed by atoms with E-state index < -0.39 is 5.60 Å². The third-order valence-corrected chi connectivity index (χ3v) is 3.34. The van der Waals surface area contributed by atoms with Crippen LogP contribution in [0.15, 0.2) is 24.3 Å². The molecule has 0 saturated carbocycles. The van der Waals surface area contributed by atoms with Crippen molar-refractivity contribution in [2.75, 3.05) is 6.54 Å². The van der Waals surface area contributed by atoms with Crippen molar-refractivity contribution in [1.29, 1.82) is 0 Å². The topological polar surface area (TPSA) is 38.3 Å². The minimum absolute atomic E-state index is 0.242. The second-order valence-corrected chi connectivity index (χ2v) is 6.37. The van der Waals surface area contributed by atoms with Gasteiger partial charge in [0.1, 0.15) is 5.60 Å². The lowest BCUT2D eigenvalue weighted by molar-refractivity contribution is 0.00694. The Morgan fingerprint density at radius 1 is 1.37 bits per heavy atom. The summed E-state index contributed by atoms with van der Waals surface area (Å²) < 4.78 is 5.41. The molecule has 0 aromatic heterocycles. The fraction of sp³-hybridized carbons (Fsp3) is 0.562. The van der Waals surface area contributed by atoms with Gasteiger partial charge in [-0.25, -0.2) is 4.79 Å². The Balaban J connectivity index is 2.13. The van der Waals surface area contributed by atoms with Crippen LogP contribution in [-0.4, -0.2) is 24.2 Å². The van der Waals surface area contributed by atoms with Crippen molar-refractivity contribution >= 4 is 5.97 Å². The molecule has 0 unspecified atom stereocenters. The van der Waals surface area contributed by atoms with Gasteiger partial charge < -0.3 is 10.1 Å². The maximum atomic E-state index is 12.1. The predicted molar refractivity (Wildman–Crippen MR) is 76.4 cm³/mol. The molecule has 1 fully saturated rings. The first-order valence-electron chi connectivity index (χ1n) is 6.92. The van der Waals surface area contributed by atoms with Gasteiger partial charge in [0.2, 0.25) is 0 Å². The Bertz CT molecular complexity index is 462. The van der Waals surface area contributed by atoms with Crippen LogP contribution in [0, 0.1) is 0 Å². The van der Waals surface area contributed by atoms with Gasteiger partial charge in [0.15, 0.2) is 0 Å². The molecule has 0 radical (unpaired) electrons. The fourth-order valence-corrected chi connectivity index (χ4v) is 2.45. The molecular weight excluding hydrogens is 238 g/mol. The van der Waals surface area contributed by atoms with Gasteiger partial charge in [0.05, 0.1) is 5.56 Å². The number of carbonyl (C=O) groups is 1. The average molecular weight is 261 g/mol. The molecule has 19 heavy (non-hydrogen) atoms. The van der Waals surface area contributed by atoms with E-state index in [0.29, 0.717) is 17.5 Å². The van der Waals surface area contributed by atoms with Crippen LogP contribution < -0.4 is 5.32 Å². The first kappa shape index (κ1) is 14.1. The van der Waals surface area contributed by atoms with Crippen LogP contribution >= 0.6 is 0 Å². The van der Waals surface area contributed by atoms with Crippen molar-refractivity contribution in [3.05, 3.63) is 35.4 Å². The summed E-state index contributed by atoms with van der Waals surface area (Å²) in [6.07, 6.45) is 1.12. The van der Waals surface area contributed by atoms with Crippen molar-refractivity contribution in [1.82, 2.24) is 5.32 Å². The molecule has 1 aliphatic heterocycles. The molecule has 2 atom stereocenters. The van der Waals surface area contributed by atoms with Gasteiger partial charge in [0, 0.05) is 12.6 Å². The summed E-state index contributed by atoms with van der Waals surface area (Å²) >= 11 is 0. The molecule has 3 nitrogen and oxygen atoms in total. The minimum Gasteiger partial charge on any atom is -0.456 e. The smallest absolute Gasteiger partial charge is 0.338 e. The summed E-state index contributed by atoms with van der Waals surface area (Å²) in [5, 5.41) is 3.44. The van der Waals surface area contributed by atoms with Crippen LogP contribution in [0.25, 0.3) is 0 Å². The molecule has 1 aromatic rings. The molecule has 0 spiro atoms. The first-order valence-corrected chi connectivity index (χ1v) is 6.92. The molecule has 0 amide bonds. The van der Waals surface area contributed by atoms with Gasteiger partial charge in [-0.1, -0.05) is 12.1 Å². The number of esters is 1. The van der Waals surface area contributed by atoms with Crippen molar-refractivity contribution < 1.29 is 9.53 Å². The number of rotatable bonds is 2. The van der Waals surface area contributed by atoms with Gasteiger partial charge in [0.25, 0.3) is 0 Å². The number of nitrogens with one attached hydrogen (secondary N) is 1. The van der Waals surface area contributed by atoms with Crippen molar-refractivity contribution in [3.63, 3.8) is 0 Å². The summed E-state index contributed by atoms with van der Waals surface area (Å²) in [7, 11) is 0. The zero-order valence-electron chi connectivity index (χ0n) is 12.2. The lowest BCUT2D eigenvalue weighted by Crippen LogP contribution is -2.24. The molecule has 1 N–H and O–H groups in total. The zero-order valence-corrected chi connectivity index (χ0v) is 12.2. The van der Waals surface area contributed by atoms with E-state index in [4.69, 9.17) is 4.74 Å². The Morgan fingerprint density at radius 3 is 2.68 bits per heavy atom. The highest BCUT2D eigenvalue weighted by Crippen LogP contribution is 2.26. The maximum Gasteiger partial charge on any atom is 0.338 e. The first-order chi connectivity index (χ1) is 8.85. The normalized spacial score (nSPS) is 23.4. The van der Waals surface area contributed by atoms with Crippen LogP contribution in [0.5, 0.6) is 0 Å². The molecular formula is C16H23NO2. The highest BCUT2D eigenvalue weighted by atomic mass is 16.6. The number of carbonyl (C=O) groups excluding carboxylic acids is 1. The molecule has 0 aliphatic carbocycles. The van der Waals surface area contributed by atoms with Gasteiger partial charge in [-0.05, 0) is 57.7 Å². The lowest BCUT2D eigenvalue weighted by Gasteiger charge is -2.20. The fourth-order valence-electron chi connectivity index (χ4n) is 2.45. The van der Waals surface area contributed by atoms with Gasteiger partial charge in [-0.15, -0.1) is 0 Å². The number of ether oxygens (including phenoxy) is 1. The van der Waals surface area contributed by atoms with E-state index in [2.05, 4.69) is 18.3 Å². The van der Waals surface area contributed by atoms with E-state index >= 15 is 0 Å². The van der Waals surface area contributed by atoms with Crippen LogP contribution in [0.2, 0.25) is 0 Å². The molecule has 1 saturated heterocycles. The van der Waals surface area contributed by atoms with Crippen LogP contribution in [0.1, 0.15) is 56.0 Å². The van der Waals surface area contributed by atoms with Gasteiger partial charge >= 0.3 is 5.97 Å². The summed E-state index contributed by atoms with van der Waals surface area (Å²) in [6.45, 7) is 8.84. The summed E-state index contributed by atoms with van der Waals surface area (Å²) in [5.41, 5.74) is 1.42. The van der Waals surface area contributed by atoms with E-state index in [1.807, 2.05) is 39.0 Å². The van der Waals surface area contributed by atoms with Crippen molar-refractivity contribution in [2.45, 2.75) is 51.7 Å². The second kappa shape index (κ2) is 5.33. The second-order valence-electron chi connectivity index (χ2n) is 6.37. The quantitative estimate of drug-likeness (QED) is 0.831. The van der Waals surface area contributed by atoms with Crippen molar-refractivity contribution in [3.8, 4) is 0 Å². The highest BCUT2D eigenvalue weighted by Gasteiger charge is 2.23.